The van der Waals surface area contributed by atoms with Crippen molar-refractivity contribution in [2.24, 2.45) is 0 Å². The minimum absolute atomic E-state index is 0.0850. The number of carbonyl (C=O) groups excluding carboxylic acids is 2. The summed E-state index contributed by atoms with van der Waals surface area (Å²) in [6, 6.07) is 15.1. The average Bonchev–Trinajstić information content (AvgIpc) is 3.20. The van der Waals surface area contributed by atoms with Gasteiger partial charge in [-0.05, 0) is 25.1 Å². The molecule has 0 radical (unpaired) electrons. The van der Waals surface area contributed by atoms with E-state index < -0.39 is 0 Å². The van der Waals surface area contributed by atoms with E-state index in [1.807, 2.05) is 36.6 Å². The van der Waals surface area contributed by atoms with Crippen molar-refractivity contribution < 1.29 is 9.59 Å². The number of benzene rings is 2. The molecule has 1 aromatic heterocycles. The molecule has 3 rings (SSSR count). The molecular weight excluding hydrogens is 382 g/mol. The second kappa shape index (κ2) is 9.18. The van der Waals surface area contributed by atoms with E-state index in [2.05, 4.69) is 16.2 Å². The van der Waals surface area contributed by atoms with Crippen LogP contribution in [0, 0.1) is 19.3 Å². The highest BCUT2D eigenvalue weighted by Crippen LogP contribution is 2.25. The predicted molar refractivity (Wildman–Crippen MR) is 117 cm³/mol. The van der Waals surface area contributed by atoms with Crippen molar-refractivity contribution in [1.82, 2.24) is 10.3 Å². The summed E-state index contributed by atoms with van der Waals surface area (Å²) in [6.45, 7) is 1.95. The van der Waals surface area contributed by atoms with Gasteiger partial charge in [0, 0.05) is 29.2 Å². The first kappa shape index (κ1) is 20.3. The molecule has 6 heteroatoms. The van der Waals surface area contributed by atoms with Crippen molar-refractivity contribution in [3.63, 3.8) is 0 Å². The number of rotatable bonds is 6. The number of hydrogen-bond donors (Lipinski definition) is 1. The fourth-order valence-electron chi connectivity index (χ4n) is 2.78. The van der Waals surface area contributed by atoms with E-state index in [0.29, 0.717) is 16.9 Å². The topological polar surface area (TPSA) is 62.3 Å². The molecule has 0 spiro atoms. The Morgan fingerprint density at radius 1 is 1.21 bits per heavy atom. The van der Waals surface area contributed by atoms with E-state index in [9.17, 15) is 9.59 Å². The lowest BCUT2D eigenvalue weighted by molar-refractivity contribution is -0.123. The van der Waals surface area contributed by atoms with Gasteiger partial charge in [0.05, 0.1) is 12.1 Å². The van der Waals surface area contributed by atoms with Crippen LogP contribution in [0.4, 0.5) is 5.69 Å². The second-order valence-electron chi connectivity index (χ2n) is 6.53. The Balaban J connectivity index is 1.82. The summed E-state index contributed by atoms with van der Waals surface area (Å²) in [5.74, 6) is 2.07. The van der Waals surface area contributed by atoms with Gasteiger partial charge in [0.15, 0.2) is 0 Å². The van der Waals surface area contributed by atoms with Gasteiger partial charge < -0.3 is 10.2 Å². The fraction of sp³-hybridized carbons (Fsp3) is 0.174. The Morgan fingerprint density at radius 3 is 2.66 bits per heavy atom. The Bertz CT molecular complexity index is 1060. The van der Waals surface area contributed by atoms with Crippen LogP contribution in [-0.4, -0.2) is 30.4 Å². The van der Waals surface area contributed by atoms with Crippen LogP contribution in [0.2, 0.25) is 0 Å². The highest BCUT2D eigenvalue weighted by atomic mass is 32.1. The maximum atomic E-state index is 13.0. The molecule has 0 unspecified atom stereocenters. The molecule has 146 valence electrons. The summed E-state index contributed by atoms with van der Waals surface area (Å²) < 4.78 is 0. The Morgan fingerprint density at radius 2 is 1.97 bits per heavy atom. The van der Waals surface area contributed by atoms with E-state index in [1.54, 1.807) is 24.3 Å². The van der Waals surface area contributed by atoms with E-state index in [1.165, 1.54) is 28.8 Å². The minimum Gasteiger partial charge on any atom is -0.358 e. The molecule has 0 atom stereocenters. The van der Waals surface area contributed by atoms with Crippen LogP contribution in [-0.2, 0) is 16.0 Å². The molecule has 0 saturated heterocycles. The molecule has 2 amide bonds. The van der Waals surface area contributed by atoms with Gasteiger partial charge in [-0.15, -0.1) is 17.8 Å². The number of anilines is 1. The molecular formula is C23H21N3O2S. The fourth-order valence-corrected chi connectivity index (χ4v) is 3.60. The molecule has 0 aliphatic heterocycles. The van der Waals surface area contributed by atoms with Gasteiger partial charge in [0.1, 0.15) is 11.6 Å². The van der Waals surface area contributed by atoms with Crippen molar-refractivity contribution in [3.8, 4) is 22.9 Å². The van der Waals surface area contributed by atoms with Crippen molar-refractivity contribution in [3.05, 3.63) is 70.7 Å². The smallest absolute Gasteiger partial charge is 0.239 e. The number of hydrogen-bond acceptors (Lipinski definition) is 4. The van der Waals surface area contributed by atoms with Crippen LogP contribution in [0.5, 0.6) is 0 Å². The molecule has 2 aromatic carbocycles. The number of thiazole rings is 1. The van der Waals surface area contributed by atoms with Crippen LogP contribution in [0.3, 0.4) is 0 Å². The van der Waals surface area contributed by atoms with Crippen LogP contribution in [0.15, 0.2) is 53.9 Å². The summed E-state index contributed by atoms with van der Waals surface area (Å²) in [5, 5.41) is 5.30. The Labute approximate surface area is 174 Å². The monoisotopic (exact) mass is 403 g/mol. The molecule has 0 saturated carbocycles. The van der Waals surface area contributed by atoms with Gasteiger partial charge in [-0.3, -0.25) is 9.59 Å². The normalized spacial score (nSPS) is 10.2. The predicted octanol–water partition coefficient (Wildman–Crippen LogP) is 3.42. The van der Waals surface area contributed by atoms with Crippen molar-refractivity contribution in [1.29, 1.82) is 0 Å². The van der Waals surface area contributed by atoms with E-state index in [4.69, 9.17) is 6.42 Å². The van der Waals surface area contributed by atoms with Gasteiger partial charge in [-0.25, -0.2) is 4.98 Å². The van der Waals surface area contributed by atoms with Gasteiger partial charge in [-0.2, -0.15) is 0 Å². The van der Waals surface area contributed by atoms with E-state index >= 15 is 0 Å². The molecule has 29 heavy (non-hydrogen) atoms. The zero-order chi connectivity index (χ0) is 20.8. The maximum absolute atomic E-state index is 13.0. The van der Waals surface area contributed by atoms with Crippen molar-refractivity contribution in [2.45, 2.75) is 13.3 Å². The number of aryl methyl sites for hydroxylation is 1. The van der Waals surface area contributed by atoms with Crippen LogP contribution >= 0.6 is 11.3 Å². The number of nitrogens with one attached hydrogen (secondary N) is 1. The third kappa shape index (κ3) is 5.09. The van der Waals surface area contributed by atoms with Gasteiger partial charge in [-0.1, -0.05) is 41.8 Å². The SMILES string of the molecule is C#Cc1cccc(N(CC(=O)NC)C(=O)Cc2csc(-c3ccc(C)cc3)n2)c1. The number of nitrogens with zero attached hydrogens (tertiary/aromatic N) is 2. The summed E-state index contributed by atoms with van der Waals surface area (Å²) in [5.41, 5.74) is 4.10. The van der Waals surface area contributed by atoms with Crippen LogP contribution < -0.4 is 10.2 Å². The van der Waals surface area contributed by atoms with E-state index in [0.717, 1.165) is 10.6 Å². The number of likely N-dealkylation sites (N-methyl/N-ethyl adjacent to an activating group) is 1. The second-order valence-corrected chi connectivity index (χ2v) is 7.39. The largest absolute Gasteiger partial charge is 0.358 e. The first-order valence-electron chi connectivity index (χ1n) is 9.09. The number of terminal acetylenes is 1. The lowest BCUT2D eigenvalue weighted by atomic mass is 10.1. The lowest BCUT2D eigenvalue weighted by Gasteiger charge is -2.22. The Hall–Kier alpha value is -3.43. The third-order valence-corrected chi connectivity index (χ3v) is 5.33. The van der Waals surface area contributed by atoms with Crippen molar-refractivity contribution in [2.75, 3.05) is 18.5 Å². The minimum atomic E-state index is -0.261. The first-order valence-corrected chi connectivity index (χ1v) is 9.97. The van der Waals surface area contributed by atoms with Crippen LogP contribution in [0.25, 0.3) is 10.6 Å². The molecule has 5 nitrogen and oxygen atoms in total. The molecule has 1 heterocycles. The highest BCUT2D eigenvalue weighted by molar-refractivity contribution is 7.13. The zero-order valence-electron chi connectivity index (χ0n) is 16.3. The number of amides is 2. The summed E-state index contributed by atoms with van der Waals surface area (Å²) in [4.78, 5) is 31.0. The molecule has 0 fully saturated rings. The Kier molecular flexibility index (Phi) is 6.43. The molecule has 0 aliphatic carbocycles. The first-order chi connectivity index (χ1) is 14.0. The highest BCUT2D eigenvalue weighted by Gasteiger charge is 2.20. The van der Waals surface area contributed by atoms with Crippen molar-refractivity contribution >= 4 is 28.8 Å². The van der Waals surface area contributed by atoms with Gasteiger partial charge >= 0.3 is 0 Å². The number of aromatic nitrogens is 1. The third-order valence-electron chi connectivity index (χ3n) is 4.39. The average molecular weight is 404 g/mol. The standard InChI is InChI=1S/C23H21N3O2S/c1-4-17-6-5-7-20(12-17)26(14-21(27)24-3)22(28)13-19-15-29-23(25-19)18-10-8-16(2)9-11-18/h1,5-12,15H,13-14H2,2-3H3,(H,24,27). The van der Waals surface area contributed by atoms with Gasteiger partial charge in [0.25, 0.3) is 0 Å². The molecule has 3 aromatic rings. The lowest BCUT2D eigenvalue weighted by Crippen LogP contribution is -2.40. The zero-order valence-corrected chi connectivity index (χ0v) is 17.1. The van der Waals surface area contributed by atoms with Crippen LogP contribution in [0.1, 0.15) is 16.8 Å². The maximum Gasteiger partial charge on any atom is 0.239 e. The number of carbonyl (C=O) groups is 2. The van der Waals surface area contributed by atoms with E-state index in [-0.39, 0.29) is 24.8 Å². The molecule has 0 bridgehead atoms. The molecule has 0 aliphatic rings. The summed E-state index contributed by atoms with van der Waals surface area (Å²) in [7, 11) is 1.54. The summed E-state index contributed by atoms with van der Waals surface area (Å²) >= 11 is 1.49. The molecule has 1 N–H and O–H groups in total. The summed E-state index contributed by atoms with van der Waals surface area (Å²) in [6.07, 6.45) is 5.57. The van der Waals surface area contributed by atoms with Gasteiger partial charge in [0.2, 0.25) is 11.8 Å². The quantitative estimate of drug-likeness (QED) is 0.642.